The Morgan fingerprint density at radius 2 is 1.85 bits per heavy atom. The maximum atomic E-state index is 13.4. The number of aromatic nitrogens is 2. The van der Waals surface area contributed by atoms with Crippen LogP contribution in [0.3, 0.4) is 0 Å². The number of nitrogens with two attached hydrogens (primary N) is 1. The molecule has 0 aliphatic carbocycles. The number of hydrogen-bond donors (Lipinski definition) is 4. The molecule has 4 atom stereocenters. The second kappa shape index (κ2) is 10.8. The van der Waals surface area contributed by atoms with Gasteiger partial charge in [0.25, 0.3) is 0 Å². The summed E-state index contributed by atoms with van der Waals surface area (Å²) in [6, 6.07) is -3.21. The second-order valence-electron chi connectivity index (χ2n) is 9.28. The van der Waals surface area contributed by atoms with Crippen LogP contribution in [0.2, 0.25) is 0 Å². The number of carbonyl (C=O) groups excluding carboxylic acids is 3. The van der Waals surface area contributed by atoms with E-state index in [9.17, 15) is 24.3 Å². The van der Waals surface area contributed by atoms with Gasteiger partial charge in [0.1, 0.15) is 18.1 Å². The van der Waals surface area contributed by atoms with Gasteiger partial charge >= 0.3 is 5.97 Å². The first-order chi connectivity index (χ1) is 15.7. The zero-order chi connectivity index (χ0) is 24.1. The van der Waals surface area contributed by atoms with Crippen LogP contribution in [-0.4, -0.2) is 85.8 Å². The minimum Gasteiger partial charge on any atom is -0.480 e. The largest absolute Gasteiger partial charge is 0.480 e. The Morgan fingerprint density at radius 3 is 2.45 bits per heavy atom. The maximum Gasteiger partial charge on any atom is 0.326 e. The molecule has 2 fully saturated rings. The molecule has 3 heterocycles. The predicted octanol–water partition coefficient (Wildman–Crippen LogP) is -0.123. The first kappa shape index (κ1) is 24.7. The van der Waals surface area contributed by atoms with E-state index >= 15 is 0 Å². The summed E-state index contributed by atoms with van der Waals surface area (Å²) in [6.07, 6.45) is 5.89. The van der Waals surface area contributed by atoms with Gasteiger partial charge in [-0.05, 0) is 38.0 Å². The smallest absolute Gasteiger partial charge is 0.326 e. The van der Waals surface area contributed by atoms with Gasteiger partial charge in [0.05, 0.1) is 18.1 Å². The SMILES string of the molecule is CC(C)C[C@H](N)C(=O)N1CCC[C@H]1C(=O)N1CCC[C@H]1C(=O)N[C@@H](Cc1c[nH]cn1)C(=O)O. The molecule has 0 aromatic carbocycles. The van der Waals surface area contributed by atoms with E-state index in [4.69, 9.17) is 5.73 Å². The molecule has 182 valence electrons. The van der Waals surface area contributed by atoms with Gasteiger partial charge in [0.15, 0.2) is 0 Å². The summed E-state index contributed by atoms with van der Waals surface area (Å²) in [4.78, 5) is 60.7. The third-order valence-corrected chi connectivity index (χ3v) is 6.28. The Morgan fingerprint density at radius 1 is 1.18 bits per heavy atom. The van der Waals surface area contributed by atoms with Gasteiger partial charge in [-0.2, -0.15) is 0 Å². The fraction of sp³-hybridized carbons (Fsp3) is 0.682. The Hall–Kier alpha value is -2.95. The number of carbonyl (C=O) groups is 4. The highest BCUT2D eigenvalue weighted by Crippen LogP contribution is 2.26. The van der Waals surface area contributed by atoms with Crippen LogP contribution in [-0.2, 0) is 25.6 Å². The molecule has 0 spiro atoms. The molecular weight excluding hydrogens is 428 g/mol. The van der Waals surface area contributed by atoms with Crippen molar-refractivity contribution in [1.82, 2.24) is 25.1 Å². The lowest BCUT2D eigenvalue weighted by Gasteiger charge is -2.32. The van der Waals surface area contributed by atoms with Crippen LogP contribution in [0, 0.1) is 5.92 Å². The molecule has 2 aliphatic rings. The quantitative estimate of drug-likeness (QED) is 0.397. The molecule has 0 saturated carbocycles. The molecule has 11 nitrogen and oxygen atoms in total. The standard InChI is InChI=1S/C22H34N6O5/c1-13(2)9-15(23)20(30)28-8-4-6-18(28)21(31)27-7-3-5-17(27)19(29)26-16(22(32)33)10-14-11-24-12-25-14/h11-13,15-18H,3-10,23H2,1-2H3,(H,24,25)(H,26,29)(H,32,33)/t15-,16-,17-,18-/m0/s1. The number of likely N-dealkylation sites (tertiary alicyclic amines) is 2. The van der Waals surface area contributed by atoms with Crippen LogP contribution in [0.5, 0.6) is 0 Å². The Kier molecular flexibility index (Phi) is 8.06. The topological polar surface area (TPSA) is 162 Å². The number of carboxylic acid groups (broad SMARTS) is 1. The minimum atomic E-state index is -1.17. The van der Waals surface area contributed by atoms with Gasteiger partial charge in [-0.25, -0.2) is 9.78 Å². The summed E-state index contributed by atoms with van der Waals surface area (Å²) >= 11 is 0. The molecule has 1 aromatic heterocycles. The average molecular weight is 463 g/mol. The Labute approximate surface area is 193 Å². The monoisotopic (exact) mass is 462 g/mol. The normalized spacial score (nSPS) is 22.4. The van der Waals surface area contributed by atoms with Crippen molar-refractivity contribution < 1.29 is 24.3 Å². The van der Waals surface area contributed by atoms with E-state index in [-0.39, 0.29) is 24.2 Å². The number of H-pyrrole nitrogens is 1. The summed E-state index contributed by atoms with van der Waals surface area (Å²) in [5.41, 5.74) is 6.60. The van der Waals surface area contributed by atoms with E-state index in [1.165, 1.54) is 11.2 Å². The first-order valence-electron chi connectivity index (χ1n) is 11.6. The maximum absolute atomic E-state index is 13.4. The van der Waals surface area contributed by atoms with Gasteiger partial charge < -0.3 is 30.9 Å². The summed E-state index contributed by atoms with van der Waals surface area (Å²) in [7, 11) is 0. The summed E-state index contributed by atoms with van der Waals surface area (Å²) in [5.74, 6) is -1.92. The van der Waals surface area contributed by atoms with Crippen LogP contribution in [0.25, 0.3) is 0 Å². The van der Waals surface area contributed by atoms with Crippen molar-refractivity contribution in [2.75, 3.05) is 13.1 Å². The van der Waals surface area contributed by atoms with E-state index < -0.39 is 36.0 Å². The first-order valence-corrected chi connectivity index (χ1v) is 11.6. The molecular formula is C22H34N6O5. The number of rotatable bonds is 9. The number of imidazole rings is 1. The third kappa shape index (κ3) is 5.89. The van der Waals surface area contributed by atoms with Crippen molar-refractivity contribution in [3.8, 4) is 0 Å². The van der Waals surface area contributed by atoms with Gasteiger partial charge in [0, 0.05) is 25.7 Å². The summed E-state index contributed by atoms with van der Waals surface area (Å²) < 4.78 is 0. The summed E-state index contributed by atoms with van der Waals surface area (Å²) in [6.45, 7) is 4.84. The van der Waals surface area contributed by atoms with E-state index in [1.54, 1.807) is 11.1 Å². The molecule has 0 bridgehead atoms. The number of aromatic amines is 1. The van der Waals surface area contributed by atoms with Crippen LogP contribution >= 0.6 is 0 Å². The van der Waals surface area contributed by atoms with Gasteiger partial charge in [-0.15, -0.1) is 0 Å². The lowest BCUT2D eigenvalue weighted by molar-refractivity contribution is -0.148. The van der Waals surface area contributed by atoms with Crippen molar-refractivity contribution in [2.24, 2.45) is 11.7 Å². The number of aliphatic carboxylic acids is 1. The van der Waals surface area contributed by atoms with E-state index in [0.29, 0.717) is 50.9 Å². The molecule has 2 saturated heterocycles. The van der Waals surface area contributed by atoms with Crippen LogP contribution in [0.1, 0.15) is 51.6 Å². The molecule has 3 rings (SSSR count). The second-order valence-corrected chi connectivity index (χ2v) is 9.28. The van der Waals surface area contributed by atoms with E-state index in [0.717, 1.165) is 0 Å². The molecule has 33 heavy (non-hydrogen) atoms. The van der Waals surface area contributed by atoms with Crippen LogP contribution in [0.4, 0.5) is 0 Å². The van der Waals surface area contributed by atoms with E-state index in [1.807, 2.05) is 13.8 Å². The molecule has 11 heteroatoms. The molecule has 5 N–H and O–H groups in total. The van der Waals surface area contributed by atoms with Crippen molar-refractivity contribution in [3.63, 3.8) is 0 Å². The highest BCUT2D eigenvalue weighted by atomic mass is 16.4. The fourth-order valence-electron chi connectivity index (χ4n) is 4.68. The third-order valence-electron chi connectivity index (χ3n) is 6.28. The van der Waals surface area contributed by atoms with Crippen molar-refractivity contribution in [3.05, 3.63) is 18.2 Å². The molecule has 3 amide bonds. The minimum absolute atomic E-state index is 0.0316. The zero-order valence-corrected chi connectivity index (χ0v) is 19.2. The number of hydrogen-bond acceptors (Lipinski definition) is 6. The van der Waals surface area contributed by atoms with Gasteiger partial charge in [-0.3, -0.25) is 14.4 Å². The Bertz CT molecular complexity index is 857. The Balaban J connectivity index is 1.66. The molecule has 0 unspecified atom stereocenters. The lowest BCUT2D eigenvalue weighted by atomic mass is 10.0. The van der Waals surface area contributed by atoms with Crippen molar-refractivity contribution in [2.45, 2.75) is 76.5 Å². The van der Waals surface area contributed by atoms with E-state index in [2.05, 4.69) is 15.3 Å². The van der Waals surface area contributed by atoms with Gasteiger partial charge in [-0.1, -0.05) is 13.8 Å². The number of nitrogens with zero attached hydrogens (tertiary/aromatic N) is 3. The predicted molar refractivity (Wildman–Crippen MR) is 119 cm³/mol. The highest BCUT2D eigenvalue weighted by Gasteiger charge is 2.43. The van der Waals surface area contributed by atoms with Gasteiger partial charge in [0.2, 0.25) is 17.7 Å². The summed E-state index contributed by atoms with van der Waals surface area (Å²) in [5, 5.41) is 12.1. The van der Waals surface area contributed by atoms with Crippen LogP contribution in [0.15, 0.2) is 12.5 Å². The number of nitrogens with one attached hydrogen (secondary N) is 2. The van der Waals surface area contributed by atoms with Crippen LogP contribution < -0.4 is 11.1 Å². The molecule has 1 aromatic rings. The molecule has 2 aliphatic heterocycles. The number of carboxylic acids is 1. The number of amides is 3. The average Bonchev–Trinajstić information content (AvgIpc) is 3.52. The van der Waals surface area contributed by atoms with Crippen molar-refractivity contribution >= 4 is 23.7 Å². The lowest BCUT2D eigenvalue weighted by Crippen LogP contribution is -2.56. The fourth-order valence-corrected chi connectivity index (χ4v) is 4.68. The van der Waals surface area contributed by atoms with Crippen molar-refractivity contribution in [1.29, 1.82) is 0 Å². The zero-order valence-electron chi connectivity index (χ0n) is 19.2. The highest BCUT2D eigenvalue weighted by molar-refractivity contribution is 5.94. The molecule has 0 radical (unpaired) electrons.